The molecule has 2 nitrogen and oxygen atoms in total. The van der Waals surface area contributed by atoms with Gasteiger partial charge in [-0.3, -0.25) is 0 Å². The van der Waals surface area contributed by atoms with Crippen LogP contribution in [0.2, 0.25) is 0 Å². The van der Waals surface area contributed by atoms with Crippen LogP contribution in [0.15, 0.2) is 18.2 Å². The smallest absolute Gasteiger partial charge is 0.119 e. The maximum Gasteiger partial charge on any atom is 0.119 e. The Balaban J connectivity index is 1.71. The van der Waals surface area contributed by atoms with Gasteiger partial charge in [-0.1, -0.05) is 26.0 Å². The summed E-state index contributed by atoms with van der Waals surface area (Å²) < 4.78 is 0. The van der Waals surface area contributed by atoms with Crippen molar-refractivity contribution < 1.29 is 5.11 Å². The first-order valence-corrected chi connectivity index (χ1v) is 7.70. The lowest BCUT2D eigenvalue weighted by Crippen LogP contribution is -2.38. The van der Waals surface area contributed by atoms with E-state index in [4.69, 9.17) is 0 Å². The molecule has 2 heteroatoms. The highest BCUT2D eigenvalue weighted by Crippen LogP contribution is 2.38. The fourth-order valence-corrected chi connectivity index (χ4v) is 4.18. The first-order chi connectivity index (χ1) is 9.13. The number of hydrogen-bond donors (Lipinski definition) is 2. The highest BCUT2D eigenvalue weighted by molar-refractivity contribution is 5.44. The number of aromatic hydroxyl groups is 1. The van der Waals surface area contributed by atoms with Crippen molar-refractivity contribution in [2.45, 2.75) is 58.0 Å². The molecule has 1 fully saturated rings. The summed E-state index contributed by atoms with van der Waals surface area (Å²) >= 11 is 0. The Morgan fingerprint density at radius 3 is 2.58 bits per heavy atom. The number of benzene rings is 1. The Kier molecular flexibility index (Phi) is 3.53. The number of hydrogen-bond acceptors (Lipinski definition) is 2. The van der Waals surface area contributed by atoms with Gasteiger partial charge in [0.2, 0.25) is 0 Å². The number of nitrogens with one attached hydrogen (secondary N) is 1. The second-order valence-corrected chi connectivity index (χ2v) is 6.72. The van der Waals surface area contributed by atoms with Crippen molar-refractivity contribution in [3.8, 4) is 5.75 Å². The Morgan fingerprint density at radius 2 is 1.84 bits per heavy atom. The topological polar surface area (TPSA) is 32.3 Å². The van der Waals surface area contributed by atoms with E-state index in [-0.39, 0.29) is 0 Å². The molecule has 3 unspecified atom stereocenters. The van der Waals surface area contributed by atoms with Crippen molar-refractivity contribution in [3.05, 3.63) is 29.3 Å². The van der Waals surface area contributed by atoms with Crippen LogP contribution in [-0.2, 0) is 6.42 Å². The van der Waals surface area contributed by atoms with Gasteiger partial charge < -0.3 is 10.4 Å². The molecular weight excluding hydrogens is 234 g/mol. The van der Waals surface area contributed by atoms with E-state index < -0.39 is 0 Å². The molecule has 1 aromatic rings. The number of phenolic OH excluding ortho intramolecular Hbond substituents is 1. The zero-order valence-corrected chi connectivity index (χ0v) is 12.0. The van der Waals surface area contributed by atoms with Gasteiger partial charge in [0.15, 0.2) is 0 Å². The van der Waals surface area contributed by atoms with Crippen LogP contribution >= 0.6 is 0 Å². The average molecular weight is 259 g/mol. The van der Waals surface area contributed by atoms with Gasteiger partial charge in [-0.2, -0.15) is 0 Å². The minimum Gasteiger partial charge on any atom is -0.508 e. The van der Waals surface area contributed by atoms with E-state index in [0.717, 1.165) is 30.2 Å². The number of fused-ring (bicyclic) bond motifs is 1. The molecule has 0 heterocycles. The molecule has 0 spiro atoms. The van der Waals surface area contributed by atoms with Crippen molar-refractivity contribution in [1.82, 2.24) is 5.32 Å². The van der Waals surface area contributed by atoms with Crippen LogP contribution in [-0.4, -0.2) is 11.1 Å². The SMILES string of the molecule is CC1CC(C)CC(NC2CCc3c(O)cccc32)C1. The summed E-state index contributed by atoms with van der Waals surface area (Å²) in [5.41, 5.74) is 2.49. The van der Waals surface area contributed by atoms with Crippen molar-refractivity contribution >= 4 is 0 Å². The van der Waals surface area contributed by atoms with Crippen LogP contribution in [0, 0.1) is 11.8 Å². The van der Waals surface area contributed by atoms with Crippen molar-refractivity contribution in [3.63, 3.8) is 0 Å². The monoisotopic (exact) mass is 259 g/mol. The summed E-state index contributed by atoms with van der Waals surface area (Å²) in [5, 5.41) is 13.8. The molecule has 2 N–H and O–H groups in total. The van der Waals surface area contributed by atoms with Gasteiger partial charge in [-0.05, 0) is 61.1 Å². The Bertz CT molecular complexity index is 447. The van der Waals surface area contributed by atoms with Crippen molar-refractivity contribution in [2.24, 2.45) is 11.8 Å². The van der Waals surface area contributed by atoms with Crippen LogP contribution in [0.25, 0.3) is 0 Å². The molecule has 0 amide bonds. The van der Waals surface area contributed by atoms with Gasteiger partial charge in [0.25, 0.3) is 0 Å². The second kappa shape index (κ2) is 5.16. The predicted molar refractivity (Wildman–Crippen MR) is 78.3 cm³/mol. The Morgan fingerprint density at radius 1 is 1.11 bits per heavy atom. The van der Waals surface area contributed by atoms with E-state index in [1.807, 2.05) is 12.1 Å². The van der Waals surface area contributed by atoms with Crippen molar-refractivity contribution in [2.75, 3.05) is 0 Å². The molecule has 3 atom stereocenters. The van der Waals surface area contributed by atoms with Crippen LogP contribution < -0.4 is 5.32 Å². The van der Waals surface area contributed by atoms with Crippen LogP contribution in [0.3, 0.4) is 0 Å². The van der Waals surface area contributed by atoms with E-state index in [0.29, 0.717) is 17.8 Å². The highest BCUT2D eigenvalue weighted by atomic mass is 16.3. The predicted octanol–water partition coefficient (Wildman–Crippen LogP) is 3.79. The molecular formula is C17H25NO. The van der Waals surface area contributed by atoms with Crippen LogP contribution in [0.1, 0.15) is 56.7 Å². The van der Waals surface area contributed by atoms with Gasteiger partial charge in [-0.15, -0.1) is 0 Å². The quantitative estimate of drug-likeness (QED) is 0.847. The Labute approximate surface area is 116 Å². The van der Waals surface area contributed by atoms with Crippen LogP contribution in [0.5, 0.6) is 5.75 Å². The summed E-state index contributed by atoms with van der Waals surface area (Å²) in [7, 11) is 0. The lowest BCUT2D eigenvalue weighted by atomic mass is 9.80. The molecule has 0 aromatic heterocycles. The highest BCUT2D eigenvalue weighted by Gasteiger charge is 2.29. The van der Waals surface area contributed by atoms with E-state index in [1.165, 1.54) is 24.8 Å². The lowest BCUT2D eigenvalue weighted by molar-refractivity contribution is 0.225. The molecule has 0 saturated heterocycles. The molecule has 2 aliphatic rings. The first-order valence-electron chi connectivity index (χ1n) is 7.70. The van der Waals surface area contributed by atoms with Gasteiger partial charge in [0, 0.05) is 12.1 Å². The fourth-order valence-electron chi connectivity index (χ4n) is 4.18. The third kappa shape index (κ3) is 2.64. The zero-order chi connectivity index (χ0) is 13.4. The molecule has 0 bridgehead atoms. The van der Waals surface area contributed by atoms with E-state index in [1.54, 1.807) is 0 Å². The third-order valence-corrected chi connectivity index (χ3v) is 4.86. The largest absolute Gasteiger partial charge is 0.508 e. The maximum absolute atomic E-state index is 9.91. The molecule has 104 valence electrons. The van der Waals surface area contributed by atoms with Crippen molar-refractivity contribution in [1.29, 1.82) is 0 Å². The molecule has 1 saturated carbocycles. The normalized spacial score (nSPS) is 34.2. The molecule has 1 aromatic carbocycles. The summed E-state index contributed by atoms with van der Waals surface area (Å²) in [5.74, 6) is 2.16. The lowest BCUT2D eigenvalue weighted by Gasteiger charge is -2.34. The fraction of sp³-hybridized carbons (Fsp3) is 0.647. The van der Waals surface area contributed by atoms with Gasteiger partial charge >= 0.3 is 0 Å². The van der Waals surface area contributed by atoms with Gasteiger partial charge in [-0.25, -0.2) is 0 Å². The number of rotatable bonds is 2. The minimum absolute atomic E-state index is 0.449. The summed E-state index contributed by atoms with van der Waals surface area (Å²) in [6.45, 7) is 4.75. The van der Waals surface area contributed by atoms with Gasteiger partial charge in [0.05, 0.1) is 0 Å². The molecule has 19 heavy (non-hydrogen) atoms. The molecule has 3 rings (SSSR count). The molecule has 0 radical (unpaired) electrons. The van der Waals surface area contributed by atoms with E-state index in [2.05, 4.69) is 25.2 Å². The summed E-state index contributed by atoms with van der Waals surface area (Å²) in [6, 6.07) is 7.06. The molecule has 0 aliphatic heterocycles. The average Bonchev–Trinajstić information content (AvgIpc) is 2.73. The Hall–Kier alpha value is -1.02. The number of phenols is 1. The molecule has 2 aliphatic carbocycles. The van der Waals surface area contributed by atoms with Crippen LogP contribution in [0.4, 0.5) is 0 Å². The maximum atomic E-state index is 9.91. The van der Waals surface area contributed by atoms with E-state index >= 15 is 0 Å². The minimum atomic E-state index is 0.449. The standard InChI is InChI=1S/C17H25NO/c1-11-8-12(2)10-13(9-11)18-16-7-6-15-14(16)4-3-5-17(15)19/h3-5,11-13,16,18-19H,6-10H2,1-2H3. The van der Waals surface area contributed by atoms with Gasteiger partial charge in [0.1, 0.15) is 5.75 Å². The first kappa shape index (κ1) is 13.0. The summed E-state index contributed by atoms with van der Waals surface area (Å²) in [6.07, 6.45) is 6.12. The summed E-state index contributed by atoms with van der Waals surface area (Å²) in [4.78, 5) is 0. The second-order valence-electron chi connectivity index (χ2n) is 6.72. The third-order valence-electron chi connectivity index (χ3n) is 4.86. The zero-order valence-electron chi connectivity index (χ0n) is 12.0. The van der Waals surface area contributed by atoms with E-state index in [9.17, 15) is 5.11 Å².